The fraction of sp³-hybridized carbons (Fsp3) is 0.750. The molecule has 0 aromatic carbocycles. The third-order valence-corrected chi connectivity index (χ3v) is 3.83. The molecular weight excluding hydrogens is 300 g/mol. The van der Waals surface area contributed by atoms with Gasteiger partial charge in [0.2, 0.25) is 0 Å². The normalized spacial score (nSPS) is 24.3. The van der Waals surface area contributed by atoms with E-state index in [1.54, 1.807) is 0 Å². The van der Waals surface area contributed by atoms with Crippen LogP contribution in [0.5, 0.6) is 0 Å². The first-order valence-corrected chi connectivity index (χ1v) is 6.55. The molecule has 0 atom stereocenters. The molecule has 120 valence electrons. The van der Waals surface area contributed by atoms with E-state index in [9.17, 15) is 26.3 Å². The van der Waals surface area contributed by atoms with Crippen LogP contribution in [0.2, 0.25) is 0 Å². The van der Waals surface area contributed by atoms with Crippen LogP contribution in [0.4, 0.5) is 26.3 Å². The van der Waals surface area contributed by atoms with Crippen molar-refractivity contribution in [1.29, 1.82) is 0 Å². The van der Waals surface area contributed by atoms with Crippen LogP contribution in [0, 0.1) is 5.92 Å². The summed E-state index contributed by atoms with van der Waals surface area (Å²) in [5, 5.41) is 3.49. The van der Waals surface area contributed by atoms with Crippen molar-refractivity contribution in [1.82, 2.24) is 9.78 Å². The minimum absolute atomic E-state index is 0.0899. The summed E-state index contributed by atoms with van der Waals surface area (Å²) in [5.74, 6) is -1.37. The molecule has 0 amide bonds. The molecule has 1 aromatic rings. The van der Waals surface area contributed by atoms with E-state index in [0.29, 0.717) is 0 Å². The van der Waals surface area contributed by atoms with Crippen LogP contribution >= 0.6 is 0 Å². The monoisotopic (exact) mass is 315 g/mol. The maximum absolute atomic E-state index is 12.8. The minimum atomic E-state index is -4.61. The molecule has 3 nitrogen and oxygen atoms in total. The molecule has 2 N–H and O–H groups in total. The number of hydrogen-bond donors (Lipinski definition) is 1. The van der Waals surface area contributed by atoms with Gasteiger partial charge in [-0.2, -0.15) is 31.4 Å². The largest absolute Gasteiger partial charge is 0.435 e. The SMILES string of the molecule is NCc1cn(C2CCC(C(F)(F)F)CC2)nc1C(F)(F)F. The second-order valence-electron chi connectivity index (χ2n) is 5.23. The standard InChI is InChI=1S/C12H15F6N3/c13-11(14,15)8-1-3-9(4-2-8)21-6-7(5-19)10(20-21)12(16,17)18/h6,8-9H,1-5,19H2. The smallest absolute Gasteiger partial charge is 0.326 e. The van der Waals surface area contributed by atoms with Gasteiger partial charge < -0.3 is 5.73 Å². The second kappa shape index (κ2) is 5.51. The van der Waals surface area contributed by atoms with Gasteiger partial charge in [0.25, 0.3) is 0 Å². The van der Waals surface area contributed by atoms with E-state index in [2.05, 4.69) is 5.10 Å². The predicted octanol–water partition coefficient (Wildman–Crippen LogP) is 3.65. The van der Waals surface area contributed by atoms with Crippen molar-refractivity contribution in [2.24, 2.45) is 11.7 Å². The van der Waals surface area contributed by atoms with E-state index in [4.69, 9.17) is 5.73 Å². The Hall–Kier alpha value is -1.25. The molecule has 0 spiro atoms. The van der Waals surface area contributed by atoms with E-state index < -0.39 is 30.0 Å². The molecule has 0 radical (unpaired) electrons. The molecule has 0 unspecified atom stereocenters. The maximum Gasteiger partial charge on any atom is 0.435 e. The second-order valence-corrected chi connectivity index (χ2v) is 5.23. The van der Waals surface area contributed by atoms with Crippen LogP contribution in [0.15, 0.2) is 6.20 Å². The Morgan fingerprint density at radius 1 is 1.10 bits per heavy atom. The quantitative estimate of drug-likeness (QED) is 0.847. The molecule has 9 heteroatoms. The van der Waals surface area contributed by atoms with Crippen LogP contribution in [0.25, 0.3) is 0 Å². The Labute approximate surface area is 117 Å². The first-order valence-electron chi connectivity index (χ1n) is 6.55. The van der Waals surface area contributed by atoms with Gasteiger partial charge >= 0.3 is 12.4 Å². The first kappa shape index (κ1) is 16.1. The topological polar surface area (TPSA) is 43.8 Å². The molecular formula is C12H15F6N3. The fourth-order valence-electron chi connectivity index (χ4n) is 2.67. The Balaban J connectivity index is 2.13. The van der Waals surface area contributed by atoms with Crippen molar-refractivity contribution in [2.75, 3.05) is 0 Å². The lowest BCUT2D eigenvalue weighted by Crippen LogP contribution is -2.29. The lowest BCUT2D eigenvalue weighted by molar-refractivity contribution is -0.183. The third-order valence-electron chi connectivity index (χ3n) is 3.83. The van der Waals surface area contributed by atoms with Gasteiger partial charge in [-0.15, -0.1) is 0 Å². The zero-order valence-corrected chi connectivity index (χ0v) is 11.0. The van der Waals surface area contributed by atoms with E-state index in [1.165, 1.54) is 6.20 Å². The number of alkyl halides is 6. The summed E-state index contributed by atoms with van der Waals surface area (Å²) in [6.45, 7) is -0.313. The van der Waals surface area contributed by atoms with Gasteiger partial charge in [0, 0.05) is 18.3 Å². The summed E-state index contributed by atoms with van der Waals surface area (Å²) in [7, 11) is 0. The Bertz CT molecular complexity index is 482. The fourth-order valence-corrected chi connectivity index (χ4v) is 2.67. The molecule has 1 aromatic heterocycles. The highest BCUT2D eigenvalue weighted by Crippen LogP contribution is 2.41. The molecule has 0 aliphatic heterocycles. The maximum atomic E-state index is 12.8. The van der Waals surface area contributed by atoms with E-state index in [-0.39, 0.29) is 37.8 Å². The van der Waals surface area contributed by atoms with Crippen molar-refractivity contribution < 1.29 is 26.3 Å². The molecule has 1 heterocycles. The molecule has 0 bridgehead atoms. The Kier molecular flexibility index (Phi) is 4.23. The number of nitrogens with zero attached hydrogens (tertiary/aromatic N) is 2. The summed E-state index contributed by atoms with van der Waals surface area (Å²) in [5.41, 5.74) is 4.08. The van der Waals surface area contributed by atoms with E-state index in [0.717, 1.165) is 4.68 Å². The highest BCUT2D eigenvalue weighted by molar-refractivity contribution is 5.20. The Morgan fingerprint density at radius 3 is 2.05 bits per heavy atom. The number of aromatic nitrogens is 2. The van der Waals surface area contributed by atoms with Crippen molar-refractivity contribution in [2.45, 2.75) is 50.6 Å². The summed E-state index contributed by atoms with van der Waals surface area (Å²) < 4.78 is 77.1. The van der Waals surface area contributed by atoms with Crippen molar-refractivity contribution in [3.8, 4) is 0 Å². The van der Waals surface area contributed by atoms with Gasteiger partial charge in [-0.1, -0.05) is 0 Å². The average Bonchev–Trinajstić information content (AvgIpc) is 2.82. The number of rotatable bonds is 2. The van der Waals surface area contributed by atoms with Crippen LogP contribution in [-0.4, -0.2) is 16.0 Å². The Morgan fingerprint density at radius 2 is 1.67 bits per heavy atom. The molecule has 21 heavy (non-hydrogen) atoms. The highest BCUT2D eigenvalue weighted by Gasteiger charge is 2.42. The highest BCUT2D eigenvalue weighted by atomic mass is 19.4. The average molecular weight is 315 g/mol. The van der Waals surface area contributed by atoms with Gasteiger partial charge in [0.1, 0.15) is 0 Å². The van der Waals surface area contributed by atoms with Gasteiger partial charge in [-0.05, 0) is 25.7 Å². The van der Waals surface area contributed by atoms with Crippen molar-refractivity contribution in [3.63, 3.8) is 0 Å². The lowest BCUT2D eigenvalue weighted by atomic mass is 9.86. The lowest BCUT2D eigenvalue weighted by Gasteiger charge is -2.29. The summed E-state index contributed by atoms with van der Waals surface area (Å²) in [6.07, 6.45) is -7.51. The van der Waals surface area contributed by atoms with Gasteiger partial charge in [-0.3, -0.25) is 4.68 Å². The first-order chi connectivity index (χ1) is 9.63. The summed E-state index contributed by atoms with van der Waals surface area (Å²) in [6, 6.07) is -0.440. The zero-order valence-electron chi connectivity index (χ0n) is 11.0. The third kappa shape index (κ3) is 3.50. The van der Waals surface area contributed by atoms with Crippen LogP contribution in [-0.2, 0) is 12.7 Å². The molecule has 0 saturated heterocycles. The van der Waals surface area contributed by atoms with Crippen molar-refractivity contribution >= 4 is 0 Å². The molecule has 1 aliphatic rings. The minimum Gasteiger partial charge on any atom is -0.326 e. The molecule has 2 rings (SSSR count). The van der Waals surface area contributed by atoms with Crippen LogP contribution in [0.1, 0.15) is 43.0 Å². The molecule has 1 fully saturated rings. The summed E-state index contributed by atoms with van der Waals surface area (Å²) in [4.78, 5) is 0. The van der Waals surface area contributed by atoms with E-state index >= 15 is 0 Å². The van der Waals surface area contributed by atoms with Gasteiger partial charge in [0.05, 0.1) is 12.0 Å². The van der Waals surface area contributed by atoms with Crippen molar-refractivity contribution in [3.05, 3.63) is 17.5 Å². The van der Waals surface area contributed by atoms with Gasteiger partial charge in [0.15, 0.2) is 5.69 Å². The summed E-state index contributed by atoms with van der Waals surface area (Å²) >= 11 is 0. The molecule has 1 aliphatic carbocycles. The zero-order chi connectivity index (χ0) is 15.8. The number of nitrogens with two attached hydrogens (primary N) is 1. The number of hydrogen-bond acceptors (Lipinski definition) is 2. The number of halogens is 6. The predicted molar refractivity (Wildman–Crippen MR) is 62.2 cm³/mol. The van der Waals surface area contributed by atoms with Crippen LogP contribution in [0.3, 0.4) is 0 Å². The van der Waals surface area contributed by atoms with E-state index in [1.807, 2.05) is 0 Å². The van der Waals surface area contributed by atoms with Crippen LogP contribution < -0.4 is 5.73 Å². The molecule has 1 saturated carbocycles. The van der Waals surface area contributed by atoms with Gasteiger partial charge in [-0.25, -0.2) is 0 Å².